The third kappa shape index (κ3) is 8.26. The fourth-order valence-corrected chi connectivity index (χ4v) is 1.61. The van der Waals surface area contributed by atoms with E-state index in [1.54, 1.807) is 27.7 Å². The topological polar surface area (TPSA) is 150 Å². The molecule has 0 aliphatic heterocycles. The van der Waals surface area contributed by atoms with E-state index in [0.717, 1.165) is 0 Å². The summed E-state index contributed by atoms with van der Waals surface area (Å²) in [7, 11) is 0. The second-order valence-corrected chi connectivity index (χ2v) is 6.45. The Hall–Kier alpha value is -2.44. The monoisotopic (exact) mass is 340 g/mol. The number of hydrogen-bond acceptors (Lipinski definition) is 6. The summed E-state index contributed by atoms with van der Waals surface area (Å²) in [6.45, 7) is 7.05. The standard InChI is InChI=1S/C14H24N6O4/c1-13(2,5-7-17-19-15)11(21)23-9-10-24-12(22)14(3,4)6-8-18-20-16/h5-10H2,1-4H3. The molecule has 0 atom stereocenters. The normalized spacial score (nSPS) is 11.0. The van der Waals surface area contributed by atoms with Crippen LogP contribution in [0.2, 0.25) is 0 Å². The molecule has 0 aromatic heterocycles. The molecule has 10 heteroatoms. The van der Waals surface area contributed by atoms with Gasteiger partial charge in [-0.1, -0.05) is 10.2 Å². The molecule has 10 nitrogen and oxygen atoms in total. The number of nitrogens with zero attached hydrogens (tertiary/aromatic N) is 6. The Labute approximate surface area is 140 Å². The van der Waals surface area contributed by atoms with Crippen LogP contribution in [0.25, 0.3) is 20.9 Å². The van der Waals surface area contributed by atoms with E-state index >= 15 is 0 Å². The van der Waals surface area contributed by atoms with Crippen LogP contribution in [0.3, 0.4) is 0 Å². The van der Waals surface area contributed by atoms with Crippen molar-refractivity contribution in [3.63, 3.8) is 0 Å². The lowest BCUT2D eigenvalue weighted by atomic mass is 9.89. The van der Waals surface area contributed by atoms with Gasteiger partial charge in [-0.05, 0) is 51.6 Å². The molecular weight excluding hydrogens is 316 g/mol. The maximum Gasteiger partial charge on any atom is 0.311 e. The minimum atomic E-state index is -0.785. The summed E-state index contributed by atoms with van der Waals surface area (Å²) in [4.78, 5) is 29.1. The summed E-state index contributed by atoms with van der Waals surface area (Å²) >= 11 is 0. The maximum absolute atomic E-state index is 11.9. The largest absolute Gasteiger partial charge is 0.462 e. The first-order chi connectivity index (χ1) is 11.2. The number of rotatable bonds is 11. The Morgan fingerprint density at radius 3 is 1.46 bits per heavy atom. The van der Waals surface area contributed by atoms with E-state index in [1.807, 2.05) is 0 Å². The molecule has 0 saturated carbocycles. The van der Waals surface area contributed by atoms with Gasteiger partial charge in [0.15, 0.2) is 0 Å². The van der Waals surface area contributed by atoms with Crippen molar-refractivity contribution in [2.24, 2.45) is 21.1 Å². The Balaban J connectivity index is 4.18. The summed E-state index contributed by atoms with van der Waals surface area (Å²) in [6.07, 6.45) is 0.726. The van der Waals surface area contributed by atoms with Crippen LogP contribution in [0.5, 0.6) is 0 Å². The molecule has 0 fully saturated rings. The summed E-state index contributed by atoms with van der Waals surface area (Å²) in [5.41, 5.74) is 14.9. The van der Waals surface area contributed by atoms with Crippen molar-refractivity contribution in [1.82, 2.24) is 0 Å². The smallest absolute Gasteiger partial charge is 0.311 e. The molecule has 0 aliphatic carbocycles. The zero-order valence-corrected chi connectivity index (χ0v) is 14.6. The predicted octanol–water partition coefficient (Wildman–Crippen LogP) is 3.53. The highest BCUT2D eigenvalue weighted by molar-refractivity contribution is 5.76. The Morgan fingerprint density at radius 2 is 1.17 bits per heavy atom. The minimum absolute atomic E-state index is 0.0536. The van der Waals surface area contributed by atoms with E-state index in [4.69, 9.17) is 20.5 Å². The van der Waals surface area contributed by atoms with Crippen LogP contribution in [0.15, 0.2) is 10.2 Å². The summed E-state index contributed by atoms with van der Waals surface area (Å²) in [5.74, 6) is -0.899. The van der Waals surface area contributed by atoms with Crippen molar-refractivity contribution in [2.45, 2.75) is 40.5 Å². The second kappa shape index (κ2) is 10.4. The average molecular weight is 340 g/mol. The number of hydrogen-bond donors (Lipinski definition) is 0. The van der Waals surface area contributed by atoms with Gasteiger partial charge in [0.2, 0.25) is 0 Å². The molecule has 0 radical (unpaired) electrons. The number of azide groups is 2. The van der Waals surface area contributed by atoms with Crippen molar-refractivity contribution in [3.05, 3.63) is 20.9 Å². The molecule has 0 spiro atoms. The van der Waals surface area contributed by atoms with E-state index in [9.17, 15) is 9.59 Å². The van der Waals surface area contributed by atoms with Crippen LogP contribution < -0.4 is 0 Å². The maximum atomic E-state index is 11.9. The zero-order valence-electron chi connectivity index (χ0n) is 14.6. The van der Waals surface area contributed by atoms with Gasteiger partial charge in [0.1, 0.15) is 13.2 Å². The highest BCUT2D eigenvalue weighted by Gasteiger charge is 2.30. The van der Waals surface area contributed by atoms with Crippen LogP contribution in [0, 0.1) is 10.8 Å². The van der Waals surface area contributed by atoms with Crippen LogP contribution in [0.4, 0.5) is 0 Å². The van der Waals surface area contributed by atoms with E-state index in [0.29, 0.717) is 12.8 Å². The summed E-state index contributed by atoms with van der Waals surface area (Å²) in [5, 5.41) is 6.78. The van der Waals surface area contributed by atoms with Crippen LogP contribution >= 0.6 is 0 Å². The second-order valence-electron chi connectivity index (χ2n) is 6.45. The number of carbonyl (C=O) groups is 2. The first-order valence-corrected chi connectivity index (χ1v) is 7.53. The Morgan fingerprint density at radius 1 is 0.833 bits per heavy atom. The number of carbonyl (C=O) groups excluding carboxylic acids is 2. The molecule has 0 aliphatic rings. The summed E-state index contributed by atoms with van der Waals surface area (Å²) in [6, 6.07) is 0. The fourth-order valence-electron chi connectivity index (χ4n) is 1.61. The SMILES string of the molecule is CC(C)(CCN=[N+]=[N-])C(=O)OCCOC(=O)C(C)(C)CCN=[N+]=[N-]. The average Bonchev–Trinajstić information content (AvgIpc) is 2.51. The molecule has 0 saturated heterocycles. The highest BCUT2D eigenvalue weighted by Crippen LogP contribution is 2.23. The van der Waals surface area contributed by atoms with Crippen molar-refractivity contribution in [1.29, 1.82) is 0 Å². The van der Waals surface area contributed by atoms with Gasteiger partial charge in [-0.3, -0.25) is 9.59 Å². The quantitative estimate of drug-likeness (QED) is 0.186. The molecule has 0 heterocycles. The molecule has 0 bridgehead atoms. The molecule has 0 unspecified atom stereocenters. The number of ether oxygens (including phenoxy) is 2. The third-order valence-corrected chi connectivity index (χ3v) is 3.45. The van der Waals surface area contributed by atoms with Crippen LogP contribution in [-0.4, -0.2) is 38.2 Å². The molecular formula is C14H24N6O4. The van der Waals surface area contributed by atoms with Crippen molar-refractivity contribution >= 4 is 11.9 Å². The van der Waals surface area contributed by atoms with Gasteiger partial charge in [0.05, 0.1) is 10.8 Å². The lowest BCUT2D eigenvalue weighted by Crippen LogP contribution is -2.31. The van der Waals surface area contributed by atoms with Crippen LogP contribution in [0.1, 0.15) is 40.5 Å². The zero-order chi connectivity index (χ0) is 18.6. The molecule has 134 valence electrons. The minimum Gasteiger partial charge on any atom is -0.462 e. The Bertz CT molecular complexity index is 485. The number of esters is 2. The van der Waals surface area contributed by atoms with Gasteiger partial charge >= 0.3 is 11.9 Å². The Kier molecular flexibility index (Phi) is 9.30. The third-order valence-electron chi connectivity index (χ3n) is 3.45. The fraction of sp³-hybridized carbons (Fsp3) is 0.857. The lowest BCUT2D eigenvalue weighted by Gasteiger charge is -2.23. The molecule has 0 aromatic rings. The van der Waals surface area contributed by atoms with Gasteiger partial charge in [0.25, 0.3) is 0 Å². The van der Waals surface area contributed by atoms with Crippen LogP contribution in [-0.2, 0) is 19.1 Å². The summed E-state index contributed by atoms with van der Waals surface area (Å²) < 4.78 is 10.2. The van der Waals surface area contributed by atoms with E-state index < -0.39 is 22.8 Å². The predicted molar refractivity (Wildman–Crippen MR) is 86.7 cm³/mol. The van der Waals surface area contributed by atoms with E-state index in [-0.39, 0.29) is 26.3 Å². The van der Waals surface area contributed by atoms with Gasteiger partial charge in [-0.15, -0.1) is 0 Å². The first-order valence-electron chi connectivity index (χ1n) is 7.53. The van der Waals surface area contributed by atoms with Gasteiger partial charge in [0, 0.05) is 22.9 Å². The van der Waals surface area contributed by atoms with Crippen molar-refractivity contribution in [3.8, 4) is 0 Å². The molecule has 0 amide bonds. The molecule has 0 rings (SSSR count). The van der Waals surface area contributed by atoms with E-state index in [1.165, 1.54) is 0 Å². The van der Waals surface area contributed by atoms with Crippen molar-refractivity contribution in [2.75, 3.05) is 26.3 Å². The van der Waals surface area contributed by atoms with Gasteiger partial charge in [-0.2, -0.15) is 0 Å². The first kappa shape index (κ1) is 21.6. The van der Waals surface area contributed by atoms with Gasteiger partial charge in [-0.25, -0.2) is 0 Å². The van der Waals surface area contributed by atoms with E-state index in [2.05, 4.69) is 20.1 Å². The van der Waals surface area contributed by atoms with Gasteiger partial charge < -0.3 is 9.47 Å². The highest BCUT2D eigenvalue weighted by atomic mass is 16.6. The lowest BCUT2D eigenvalue weighted by molar-refractivity contribution is -0.163. The molecule has 0 aromatic carbocycles. The molecule has 0 N–H and O–H groups in total. The molecule has 24 heavy (non-hydrogen) atoms. The van der Waals surface area contributed by atoms with Crippen molar-refractivity contribution < 1.29 is 19.1 Å².